The Balaban J connectivity index is 2.35. The number of nitrogens with one attached hydrogen (secondary N) is 1. The lowest BCUT2D eigenvalue weighted by molar-refractivity contribution is 0.881. The summed E-state index contributed by atoms with van der Waals surface area (Å²) in [6.07, 6.45) is 2.49. The number of unbranched alkanes of at least 4 members (excludes halogenated alkanes) is 1. The van der Waals surface area contributed by atoms with Gasteiger partial charge in [-0.2, -0.15) is 0 Å². The third kappa shape index (κ3) is 4.28. The zero-order valence-corrected chi connectivity index (χ0v) is 10.5. The summed E-state index contributed by atoms with van der Waals surface area (Å²) in [7, 11) is 0. The Bertz CT molecular complexity index is 260. The van der Waals surface area contributed by atoms with E-state index < -0.39 is 0 Å². The van der Waals surface area contributed by atoms with E-state index in [0.717, 1.165) is 15.2 Å². The molecule has 0 amide bonds. The van der Waals surface area contributed by atoms with Crippen LogP contribution >= 0.6 is 23.1 Å². The lowest BCUT2D eigenvalue weighted by Gasteiger charge is -2.02. The van der Waals surface area contributed by atoms with Gasteiger partial charge in [-0.15, -0.1) is 10.2 Å². The van der Waals surface area contributed by atoms with E-state index in [-0.39, 0.29) is 0 Å². The number of nitrogens with zero attached hydrogens (tertiary/aromatic N) is 2. The maximum Gasteiger partial charge on any atom is 0.206 e. The van der Waals surface area contributed by atoms with Crippen LogP contribution in [-0.4, -0.2) is 22.0 Å². The molecule has 0 aliphatic heterocycles. The molecule has 0 aliphatic carbocycles. The molecule has 0 atom stereocenters. The molecule has 0 unspecified atom stereocenters. The highest BCUT2D eigenvalue weighted by Gasteiger charge is 2.04. The van der Waals surface area contributed by atoms with E-state index in [0.29, 0.717) is 6.04 Å². The molecule has 0 saturated carbocycles. The van der Waals surface area contributed by atoms with Gasteiger partial charge in [0.1, 0.15) is 0 Å². The van der Waals surface area contributed by atoms with E-state index >= 15 is 0 Å². The molecular weight excluding hydrogens is 214 g/mol. The lowest BCUT2D eigenvalue weighted by atomic mass is 10.4. The van der Waals surface area contributed by atoms with E-state index in [1.807, 2.05) is 0 Å². The van der Waals surface area contributed by atoms with Gasteiger partial charge in [0.15, 0.2) is 4.34 Å². The van der Waals surface area contributed by atoms with Crippen molar-refractivity contribution in [2.24, 2.45) is 0 Å². The third-order valence-electron chi connectivity index (χ3n) is 1.54. The molecule has 1 N–H and O–H groups in total. The van der Waals surface area contributed by atoms with Gasteiger partial charge in [0, 0.05) is 11.8 Å². The molecule has 0 fully saturated rings. The molecule has 0 saturated heterocycles. The van der Waals surface area contributed by atoms with Gasteiger partial charge in [-0.05, 0) is 20.3 Å². The Morgan fingerprint density at radius 1 is 1.43 bits per heavy atom. The maximum absolute atomic E-state index is 4.11. The molecule has 1 heterocycles. The van der Waals surface area contributed by atoms with E-state index in [2.05, 4.69) is 36.3 Å². The minimum absolute atomic E-state index is 0.427. The molecule has 1 aromatic rings. The summed E-state index contributed by atoms with van der Waals surface area (Å²) in [4.78, 5) is 0. The van der Waals surface area contributed by atoms with Crippen LogP contribution in [0.3, 0.4) is 0 Å². The molecule has 1 aromatic heterocycles. The molecule has 0 radical (unpaired) electrons. The first kappa shape index (κ1) is 11.8. The molecule has 0 aliphatic rings. The van der Waals surface area contributed by atoms with Gasteiger partial charge in [0.2, 0.25) is 5.13 Å². The van der Waals surface area contributed by atoms with Crippen LogP contribution in [0.15, 0.2) is 4.34 Å². The Morgan fingerprint density at radius 2 is 2.21 bits per heavy atom. The fourth-order valence-corrected chi connectivity index (χ4v) is 2.93. The first-order valence-corrected chi connectivity index (χ1v) is 6.75. The predicted octanol–water partition coefficient (Wildman–Crippen LogP) is 3.25. The van der Waals surface area contributed by atoms with Gasteiger partial charge in [-0.25, -0.2) is 0 Å². The molecule has 0 aromatic carbocycles. The van der Waals surface area contributed by atoms with Crippen molar-refractivity contribution in [3.63, 3.8) is 0 Å². The fraction of sp³-hybridized carbons (Fsp3) is 0.778. The van der Waals surface area contributed by atoms with Gasteiger partial charge in [0.25, 0.3) is 0 Å². The Labute approximate surface area is 93.7 Å². The quantitative estimate of drug-likeness (QED) is 0.602. The van der Waals surface area contributed by atoms with Crippen LogP contribution in [0, 0.1) is 0 Å². The van der Waals surface area contributed by atoms with Gasteiger partial charge < -0.3 is 5.32 Å². The largest absolute Gasteiger partial charge is 0.358 e. The highest BCUT2D eigenvalue weighted by Crippen LogP contribution is 2.26. The second-order valence-corrected chi connectivity index (χ2v) is 5.69. The fourth-order valence-electron chi connectivity index (χ4n) is 0.877. The van der Waals surface area contributed by atoms with Crippen LogP contribution < -0.4 is 5.32 Å². The summed E-state index contributed by atoms with van der Waals surface area (Å²) in [5.41, 5.74) is 0. The first-order valence-electron chi connectivity index (χ1n) is 4.95. The minimum atomic E-state index is 0.427. The molecule has 1 rings (SSSR count). The highest BCUT2D eigenvalue weighted by molar-refractivity contribution is 8.01. The Morgan fingerprint density at radius 3 is 2.86 bits per heavy atom. The summed E-state index contributed by atoms with van der Waals surface area (Å²) in [6.45, 7) is 6.41. The topological polar surface area (TPSA) is 37.8 Å². The smallest absolute Gasteiger partial charge is 0.206 e. The normalized spacial score (nSPS) is 10.9. The number of hydrogen-bond acceptors (Lipinski definition) is 5. The average Bonchev–Trinajstić information content (AvgIpc) is 2.52. The number of hydrogen-bond donors (Lipinski definition) is 1. The number of rotatable bonds is 6. The SMILES string of the molecule is CCCCSc1nnc(NC(C)C)s1. The molecule has 0 spiro atoms. The first-order chi connectivity index (χ1) is 6.72. The van der Waals surface area contributed by atoms with Crippen LogP contribution in [0.5, 0.6) is 0 Å². The predicted molar refractivity (Wildman–Crippen MR) is 64.3 cm³/mol. The van der Waals surface area contributed by atoms with Crippen molar-refractivity contribution >= 4 is 28.2 Å². The second-order valence-electron chi connectivity index (χ2n) is 3.37. The van der Waals surface area contributed by atoms with Crippen LogP contribution in [0.25, 0.3) is 0 Å². The summed E-state index contributed by atoms with van der Waals surface area (Å²) in [6, 6.07) is 0.427. The van der Waals surface area contributed by atoms with Crippen molar-refractivity contribution in [2.75, 3.05) is 11.1 Å². The zero-order chi connectivity index (χ0) is 10.4. The maximum atomic E-state index is 4.11. The van der Waals surface area contributed by atoms with Gasteiger partial charge >= 0.3 is 0 Å². The van der Waals surface area contributed by atoms with Crippen molar-refractivity contribution in [3.05, 3.63) is 0 Å². The van der Waals surface area contributed by atoms with E-state index in [4.69, 9.17) is 0 Å². The minimum Gasteiger partial charge on any atom is -0.358 e. The van der Waals surface area contributed by atoms with Crippen molar-refractivity contribution in [1.29, 1.82) is 0 Å². The van der Waals surface area contributed by atoms with Crippen molar-refractivity contribution in [1.82, 2.24) is 10.2 Å². The standard InChI is InChI=1S/C9H17N3S2/c1-4-5-6-13-9-12-11-8(14-9)10-7(2)3/h7H,4-6H2,1-3H3,(H,10,11). The van der Waals surface area contributed by atoms with E-state index in [1.165, 1.54) is 12.8 Å². The number of aromatic nitrogens is 2. The molecule has 80 valence electrons. The third-order valence-corrected chi connectivity index (χ3v) is 3.62. The highest BCUT2D eigenvalue weighted by atomic mass is 32.2. The van der Waals surface area contributed by atoms with Gasteiger partial charge in [0.05, 0.1) is 0 Å². The zero-order valence-electron chi connectivity index (χ0n) is 8.91. The molecule has 0 bridgehead atoms. The Kier molecular flexibility index (Phi) is 5.25. The number of anilines is 1. The van der Waals surface area contributed by atoms with E-state index in [9.17, 15) is 0 Å². The van der Waals surface area contributed by atoms with Crippen molar-refractivity contribution in [3.8, 4) is 0 Å². The summed E-state index contributed by atoms with van der Waals surface area (Å²) >= 11 is 3.44. The summed E-state index contributed by atoms with van der Waals surface area (Å²) in [5.74, 6) is 1.15. The average molecular weight is 231 g/mol. The van der Waals surface area contributed by atoms with Crippen LogP contribution in [0.2, 0.25) is 0 Å². The van der Waals surface area contributed by atoms with Crippen LogP contribution in [0.1, 0.15) is 33.6 Å². The molecule has 5 heteroatoms. The van der Waals surface area contributed by atoms with Gasteiger partial charge in [-0.3, -0.25) is 0 Å². The molecular formula is C9H17N3S2. The van der Waals surface area contributed by atoms with Gasteiger partial charge in [-0.1, -0.05) is 36.4 Å². The molecule has 14 heavy (non-hydrogen) atoms. The summed E-state index contributed by atoms with van der Waals surface area (Å²) < 4.78 is 1.07. The monoisotopic (exact) mass is 231 g/mol. The lowest BCUT2D eigenvalue weighted by Crippen LogP contribution is -2.08. The number of thioether (sulfide) groups is 1. The van der Waals surface area contributed by atoms with E-state index in [1.54, 1.807) is 23.1 Å². The second kappa shape index (κ2) is 6.24. The van der Waals surface area contributed by atoms with Crippen LogP contribution in [0.4, 0.5) is 5.13 Å². The summed E-state index contributed by atoms with van der Waals surface area (Å²) in [5, 5.41) is 12.4. The molecule has 3 nitrogen and oxygen atoms in total. The Hall–Kier alpha value is -0.290. The van der Waals surface area contributed by atoms with Crippen molar-refractivity contribution in [2.45, 2.75) is 44.0 Å². The van der Waals surface area contributed by atoms with Crippen LogP contribution in [-0.2, 0) is 0 Å². The van der Waals surface area contributed by atoms with Crippen molar-refractivity contribution < 1.29 is 0 Å².